The first-order valence-corrected chi connectivity index (χ1v) is 22.6. The highest BCUT2D eigenvalue weighted by atomic mass is 15.0. The van der Waals surface area contributed by atoms with Crippen LogP contribution in [-0.4, -0.2) is 23.7 Å². The first kappa shape index (κ1) is 39.3. The van der Waals surface area contributed by atoms with Gasteiger partial charge in [0, 0.05) is 60.4 Å². The van der Waals surface area contributed by atoms with Gasteiger partial charge in [-0.05, 0) is 103 Å². The topological polar surface area (TPSA) is 112 Å². The largest absolute Gasteiger partial charge is 0.309 e. The molecule has 13 aromatic rings. The maximum Gasteiger partial charge on any atom is 0.160 e. The average Bonchev–Trinajstić information content (AvgIpc) is 4.05. The van der Waals surface area contributed by atoms with Crippen molar-refractivity contribution >= 4 is 65.4 Å². The van der Waals surface area contributed by atoms with Crippen molar-refractivity contribution in [3.05, 3.63) is 223 Å². The Bertz CT molecular complexity index is 4220. The fourth-order valence-electron chi connectivity index (χ4n) is 10.2. The quantitative estimate of drug-likeness (QED) is 0.165. The zero-order chi connectivity index (χ0) is 46.2. The highest BCUT2D eigenvalue weighted by Crippen LogP contribution is 2.41. The van der Waals surface area contributed by atoms with Gasteiger partial charge in [-0.25, -0.2) is 9.97 Å². The predicted octanol–water partition coefficient (Wildman–Crippen LogP) is 14.4. The normalized spacial score (nSPS) is 11.4. The Morgan fingerprint density at radius 2 is 0.768 bits per heavy atom. The third-order valence-corrected chi connectivity index (χ3v) is 13.3. The molecular weight excluding hydrogens is 845 g/mol. The number of hydrogen-bond donors (Lipinski definition) is 0. The number of benzene rings is 9. The van der Waals surface area contributed by atoms with Gasteiger partial charge in [0.25, 0.3) is 0 Å². The van der Waals surface area contributed by atoms with Gasteiger partial charge in [0.15, 0.2) is 5.82 Å². The fraction of sp³-hybridized carbons (Fsp3) is 0. The number of nitrogens with zero attached hydrogens (tertiary/aromatic N) is 8. The van der Waals surface area contributed by atoms with Crippen molar-refractivity contribution in [1.82, 2.24) is 23.7 Å². The summed E-state index contributed by atoms with van der Waals surface area (Å²) in [7, 11) is 0. The maximum atomic E-state index is 11.1. The molecule has 0 aliphatic carbocycles. The van der Waals surface area contributed by atoms with Gasteiger partial charge in [0.1, 0.15) is 6.07 Å². The Kier molecular flexibility index (Phi) is 8.85. The molecule has 0 atom stereocenters. The third kappa shape index (κ3) is 6.20. The molecule has 9 aromatic carbocycles. The lowest BCUT2D eigenvalue weighted by Gasteiger charge is -2.14. The molecule has 0 amide bonds. The van der Waals surface area contributed by atoms with E-state index in [1.54, 1.807) is 0 Å². The van der Waals surface area contributed by atoms with Gasteiger partial charge in [0.05, 0.1) is 79.0 Å². The van der Waals surface area contributed by atoms with Crippen LogP contribution in [0.25, 0.3) is 116 Å². The molecule has 4 heterocycles. The number of rotatable bonds is 6. The van der Waals surface area contributed by atoms with Crippen LogP contribution in [0.5, 0.6) is 0 Å². The van der Waals surface area contributed by atoms with Gasteiger partial charge < -0.3 is 13.7 Å². The van der Waals surface area contributed by atoms with Crippen LogP contribution < -0.4 is 0 Å². The van der Waals surface area contributed by atoms with E-state index in [0.717, 1.165) is 94.1 Å². The van der Waals surface area contributed by atoms with E-state index in [1.807, 2.05) is 121 Å². The van der Waals surface area contributed by atoms with Gasteiger partial charge in [-0.3, -0.25) is 0 Å². The van der Waals surface area contributed by atoms with Crippen molar-refractivity contribution < 1.29 is 0 Å². The number of hydrogen-bond acceptors (Lipinski definition) is 5. The highest BCUT2D eigenvalue weighted by Gasteiger charge is 2.22. The summed E-state index contributed by atoms with van der Waals surface area (Å²) in [6.07, 6.45) is 0. The molecule has 0 aliphatic heterocycles. The van der Waals surface area contributed by atoms with Gasteiger partial charge in [-0.15, -0.1) is 0 Å². The molecule has 0 fully saturated rings. The van der Waals surface area contributed by atoms with E-state index in [0.29, 0.717) is 28.2 Å². The van der Waals surface area contributed by atoms with E-state index in [9.17, 15) is 15.8 Å². The van der Waals surface area contributed by atoms with E-state index < -0.39 is 0 Å². The second-order valence-electron chi connectivity index (χ2n) is 17.2. The summed E-state index contributed by atoms with van der Waals surface area (Å²) >= 11 is 0. The van der Waals surface area contributed by atoms with Crippen molar-refractivity contribution in [2.24, 2.45) is 0 Å². The minimum absolute atomic E-state index is 0.493. The molecule has 8 nitrogen and oxygen atoms in total. The lowest BCUT2D eigenvalue weighted by atomic mass is 10.0. The molecule has 13 rings (SSSR count). The number of aromatic nitrogens is 5. The SMILES string of the molecule is N#Cc1ccc2c(c1)c1cc(C#N)ccc1n2-c1ccc2c(c1)c1cc(-n3c4ccccc4c4ccccc43)ccc1n2-c1ccc(-c2cc(-c3ccccc3)nc(-c3ccccc3)n2)cc1C#N. The van der Waals surface area contributed by atoms with Crippen LogP contribution in [0.1, 0.15) is 16.7 Å². The monoisotopic (exact) mass is 878 g/mol. The van der Waals surface area contributed by atoms with Gasteiger partial charge in [0.2, 0.25) is 0 Å². The molecule has 0 unspecified atom stereocenters. The molecule has 0 spiro atoms. The minimum atomic E-state index is 0.493. The van der Waals surface area contributed by atoms with E-state index in [1.165, 1.54) is 10.8 Å². The standard InChI is InChI=1S/C61H34N8/c62-35-38-19-24-57-48(29-38)49-30-39(36-63)20-25-58(49)68(57)45-23-28-60-51(33-45)50-32-44(67-55-17-9-7-15-46(55)47-16-8-10-18-56(47)67)22-27-59(50)69(60)54-26-21-42(31-43(54)37-64)53-34-52(40-11-3-1-4-12-40)65-61(66-53)41-13-5-2-6-14-41/h1-34H. The zero-order valence-corrected chi connectivity index (χ0v) is 36.7. The van der Waals surface area contributed by atoms with E-state index in [2.05, 4.69) is 117 Å². The number of para-hydroxylation sites is 2. The van der Waals surface area contributed by atoms with Crippen LogP contribution in [0, 0.1) is 34.0 Å². The minimum Gasteiger partial charge on any atom is -0.309 e. The second-order valence-corrected chi connectivity index (χ2v) is 17.2. The Morgan fingerprint density at radius 1 is 0.319 bits per heavy atom. The molecule has 8 heteroatoms. The lowest BCUT2D eigenvalue weighted by Crippen LogP contribution is -2.00. The Morgan fingerprint density at radius 3 is 1.30 bits per heavy atom. The van der Waals surface area contributed by atoms with Crippen LogP contribution in [-0.2, 0) is 0 Å². The Balaban J connectivity index is 1.05. The summed E-state index contributed by atoms with van der Waals surface area (Å²) in [5.74, 6) is 0.603. The van der Waals surface area contributed by atoms with Crippen molar-refractivity contribution in [2.45, 2.75) is 0 Å². The average molecular weight is 879 g/mol. The zero-order valence-electron chi connectivity index (χ0n) is 36.7. The smallest absolute Gasteiger partial charge is 0.160 e. The van der Waals surface area contributed by atoms with Crippen LogP contribution in [0.15, 0.2) is 206 Å². The molecule has 0 saturated heterocycles. The highest BCUT2D eigenvalue weighted by molar-refractivity contribution is 6.14. The number of fused-ring (bicyclic) bond motifs is 9. The van der Waals surface area contributed by atoms with E-state index in [-0.39, 0.29) is 0 Å². The molecule has 0 aliphatic rings. The van der Waals surface area contributed by atoms with Crippen molar-refractivity contribution in [3.63, 3.8) is 0 Å². The van der Waals surface area contributed by atoms with Crippen LogP contribution in [0.3, 0.4) is 0 Å². The molecule has 0 saturated carbocycles. The van der Waals surface area contributed by atoms with Gasteiger partial charge in [-0.1, -0.05) is 103 Å². The van der Waals surface area contributed by atoms with Crippen molar-refractivity contribution in [1.29, 1.82) is 15.8 Å². The lowest BCUT2D eigenvalue weighted by molar-refractivity contribution is 1.15. The first-order valence-electron chi connectivity index (χ1n) is 22.6. The summed E-state index contributed by atoms with van der Waals surface area (Å²) in [5.41, 5.74) is 14.4. The van der Waals surface area contributed by atoms with Crippen LogP contribution >= 0.6 is 0 Å². The van der Waals surface area contributed by atoms with Crippen LogP contribution in [0.2, 0.25) is 0 Å². The van der Waals surface area contributed by atoms with E-state index >= 15 is 0 Å². The molecule has 0 bridgehead atoms. The molecule has 69 heavy (non-hydrogen) atoms. The summed E-state index contributed by atoms with van der Waals surface area (Å²) in [5, 5.41) is 37.0. The molecule has 0 N–H and O–H groups in total. The Labute approximate surface area is 395 Å². The van der Waals surface area contributed by atoms with Crippen molar-refractivity contribution in [2.75, 3.05) is 0 Å². The molecular formula is C61H34N8. The van der Waals surface area contributed by atoms with Gasteiger partial charge in [-0.2, -0.15) is 15.8 Å². The maximum absolute atomic E-state index is 11.1. The Hall–Kier alpha value is -10.1. The second kappa shape index (κ2) is 15.5. The number of nitriles is 3. The fourth-order valence-corrected chi connectivity index (χ4v) is 10.2. The summed E-state index contributed by atoms with van der Waals surface area (Å²) in [6.45, 7) is 0. The third-order valence-electron chi connectivity index (χ3n) is 13.3. The summed E-state index contributed by atoms with van der Waals surface area (Å²) in [4.78, 5) is 10.1. The summed E-state index contributed by atoms with van der Waals surface area (Å²) in [6, 6.07) is 76.7. The van der Waals surface area contributed by atoms with Crippen molar-refractivity contribution in [3.8, 4) is 69.2 Å². The first-order chi connectivity index (χ1) is 34.1. The molecule has 318 valence electrons. The predicted molar refractivity (Wildman–Crippen MR) is 276 cm³/mol. The molecule has 4 aromatic heterocycles. The summed E-state index contributed by atoms with van der Waals surface area (Å²) < 4.78 is 6.73. The van der Waals surface area contributed by atoms with Gasteiger partial charge >= 0.3 is 0 Å². The van der Waals surface area contributed by atoms with Crippen LogP contribution in [0.4, 0.5) is 0 Å². The molecule has 0 radical (unpaired) electrons. The van der Waals surface area contributed by atoms with E-state index in [4.69, 9.17) is 9.97 Å².